The molecule has 0 bridgehead atoms. The highest BCUT2D eigenvalue weighted by Crippen LogP contribution is 2.42. The highest BCUT2D eigenvalue weighted by Gasteiger charge is 2.25. The third-order valence-corrected chi connectivity index (χ3v) is 4.61. The molecule has 0 aliphatic carbocycles. The second-order valence-electron chi connectivity index (χ2n) is 5.06. The quantitative estimate of drug-likeness (QED) is 0.345. The molecule has 126 valence electrons. The zero-order valence-corrected chi connectivity index (χ0v) is 15.4. The van der Waals surface area contributed by atoms with Crippen LogP contribution in [0.5, 0.6) is 0 Å². The van der Waals surface area contributed by atoms with Gasteiger partial charge in [-0.05, 0) is 36.4 Å². The highest BCUT2D eigenvalue weighted by molar-refractivity contribution is 6.37. The number of hydrogen-bond donors (Lipinski definition) is 0. The van der Waals surface area contributed by atoms with E-state index in [1.54, 1.807) is 24.3 Å². The van der Waals surface area contributed by atoms with Gasteiger partial charge in [-0.2, -0.15) is 0 Å². The van der Waals surface area contributed by atoms with Crippen LogP contribution in [0.4, 0.5) is 5.69 Å². The molecule has 3 rings (SSSR count). The van der Waals surface area contributed by atoms with Gasteiger partial charge in [-0.15, -0.1) is 0 Å². The number of hydrogen-bond acceptors (Lipinski definition) is 3. The maximum absolute atomic E-state index is 11.8. The molecule has 3 aromatic rings. The van der Waals surface area contributed by atoms with Crippen LogP contribution in [0.3, 0.4) is 0 Å². The molecule has 0 fully saturated rings. The van der Waals surface area contributed by atoms with Gasteiger partial charge >= 0.3 is 5.69 Å². The van der Waals surface area contributed by atoms with Crippen LogP contribution >= 0.6 is 46.4 Å². The first kappa shape index (κ1) is 18.0. The van der Waals surface area contributed by atoms with Crippen molar-refractivity contribution in [1.29, 1.82) is 0 Å². The van der Waals surface area contributed by atoms with Gasteiger partial charge in [0.05, 0.1) is 20.5 Å². The maximum Gasteiger partial charge on any atom is 0.303 e. The monoisotopic (exact) mass is 412 g/mol. The van der Waals surface area contributed by atoms with Gasteiger partial charge in [0.2, 0.25) is 0 Å². The lowest BCUT2D eigenvalue weighted by Gasteiger charge is -2.10. The molecule has 2 aromatic carbocycles. The van der Waals surface area contributed by atoms with Gasteiger partial charge in [-0.3, -0.25) is 10.1 Å². The topological polar surface area (TPSA) is 56.0 Å². The predicted octanol–water partition coefficient (Wildman–Crippen LogP) is 6.94. The average Bonchev–Trinajstić information content (AvgIpc) is 2.54. The number of nitro groups is 1. The summed E-state index contributed by atoms with van der Waals surface area (Å²) < 4.78 is 0. The molecule has 0 spiro atoms. The second-order valence-corrected chi connectivity index (χ2v) is 6.75. The van der Waals surface area contributed by atoms with E-state index in [0.717, 1.165) is 0 Å². The van der Waals surface area contributed by atoms with Gasteiger partial charge in [0.1, 0.15) is 5.69 Å². The van der Waals surface area contributed by atoms with E-state index in [4.69, 9.17) is 46.4 Å². The van der Waals surface area contributed by atoms with Crippen molar-refractivity contribution < 1.29 is 4.92 Å². The van der Waals surface area contributed by atoms with Crippen molar-refractivity contribution in [3.63, 3.8) is 0 Å². The normalized spacial score (nSPS) is 10.7. The van der Waals surface area contributed by atoms with Crippen LogP contribution in [0.15, 0.2) is 48.7 Å². The lowest BCUT2D eigenvalue weighted by molar-refractivity contribution is -0.383. The van der Waals surface area contributed by atoms with Crippen molar-refractivity contribution in [2.45, 2.75) is 0 Å². The Hall–Kier alpha value is -1.85. The summed E-state index contributed by atoms with van der Waals surface area (Å²) in [5.74, 6) is 0. The Morgan fingerprint density at radius 2 is 1.36 bits per heavy atom. The van der Waals surface area contributed by atoms with Crippen molar-refractivity contribution in [1.82, 2.24) is 4.98 Å². The smallest absolute Gasteiger partial charge is 0.258 e. The van der Waals surface area contributed by atoms with E-state index in [2.05, 4.69) is 4.98 Å². The van der Waals surface area contributed by atoms with Gasteiger partial charge in [-0.1, -0.05) is 52.5 Å². The summed E-state index contributed by atoms with van der Waals surface area (Å²) in [5, 5.41) is 13.2. The fourth-order valence-corrected chi connectivity index (χ4v) is 3.45. The summed E-state index contributed by atoms with van der Waals surface area (Å²) in [7, 11) is 0. The molecule has 1 heterocycles. The molecule has 0 radical (unpaired) electrons. The fraction of sp³-hybridized carbons (Fsp3) is 0. The molecule has 0 unspecified atom stereocenters. The Labute approximate surface area is 163 Å². The van der Waals surface area contributed by atoms with E-state index in [1.165, 1.54) is 24.4 Å². The van der Waals surface area contributed by atoms with Crippen LogP contribution < -0.4 is 0 Å². The van der Waals surface area contributed by atoms with Crippen LogP contribution in [0, 0.1) is 10.1 Å². The summed E-state index contributed by atoms with van der Waals surface area (Å²) in [5.41, 5.74) is 1.14. The first-order valence-corrected chi connectivity index (χ1v) is 8.44. The number of benzene rings is 2. The molecular weight excluding hydrogens is 406 g/mol. The van der Waals surface area contributed by atoms with Gasteiger partial charge in [0.15, 0.2) is 0 Å². The van der Waals surface area contributed by atoms with E-state index in [0.29, 0.717) is 31.8 Å². The second kappa shape index (κ2) is 7.18. The van der Waals surface area contributed by atoms with Crippen LogP contribution in [-0.4, -0.2) is 9.91 Å². The largest absolute Gasteiger partial charge is 0.303 e. The van der Waals surface area contributed by atoms with Crippen LogP contribution in [-0.2, 0) is 0 Å². The molecular formula is C17H8Cl4N2O2. The van der Waals surface area contributed by atoms with Gasteiger partial charge in [-0.25, -0.2) is 4.98 Å². The van der Waals surface area contributed by atoms with Crippen LogP contribution in [0.25, 0.3) is 22.4 Å². The molecule has 0 saturated carbocycles. The van der Waals surface area contributed by atoms with E-state index < -0.39 is 4.92 Å². The first-order valence-electron chi connectivity index (χ1n) is 6.92. The van der Waals surface area contributed by atoms with E-state index in [1.807, 2.05) is 0 Å². The molecule has 0 amide bonds. The minimum Gasteiger partial charge on any atom is -0.258 e. The van der Waals surface area contributed by atoms with Gasteiger partial charge in [0.25, 0.3) is 0 Å². The summed E-state index contributed by atoms with van der Waals surface area (Å²) in [6.07, 6.45) is 1.47. The van der Waals surface area contributed by atoms with Crippen molar-refractivity contribution in [3.8, 4) is 22.4 Å². The minimum atomic E-state index is -0.506. The standard InChI is InChI=1S/C17H8Cl4N2O2/c18-9-1-3-11(14(20)7-9)12-5-6-22-16(17(12)23(24)25)13-4-2-10(19)8-15(13)21/h1-8H. The molecule has 1 aromatic heterocycles. The average molecular weight is 414 g/mol. The van der Waals surface area contributed by atoms with Gasteiger partial charge < -0.3 is 0 Å². The fourth-order valence-electron chi connectivity index (χ4n) is 2.44. The lowest BCUT2D eigenvalue weighted by Crippen LogP contribution is -1.98. The molecule has 0 saturated heterocycles. The Balaban J connectivity index is 2.30. The molecule has 4 nitrogen and oxygen atoms in total. The van der Waals surface area contributed by atoms with E-state index >= 15 is 0 Å². The molecule has 8 heteroatoms. The Morgan fingerprint density at radius 1 is 0.800 bits per heavy atom. The van der Waals surface area contributed by atoms with E-state index in [9.17, 15) is 10.1 Å². The molecule has 0 aliphatic heterocycles. The molecule has 25 heavy (non-hydrogen) atoms. The van der Waals surface area contributed by atoms with Crippen molar-refractivity contribution in [2.75, 3.05) is 0 Å². The van der Waals surface area contributed by atoms with Crippen LogP contribution in [0.1, 0.15) is 0 Å². The number of nitrogens with zero attached hydrogens (tertiary/aromatic N) is 2. The molecule has 0 aliphatic rings. The summed E-state index contributed by atoms with van der Waals surface area (Å²) in [6.45, 7) is 0. The van der Waals surface area contributed by atoms with Crippen molar-refractivity contribution >= 4 is 52.1 Å². The maximum atomic E-state index is 11.8. The summed E-state index contributed by atoms with van der Waals surface area (Å²) in [6, 6.07) is 11.0. The highest BCUT2D eigenvalue weighted by atomic mass is 35.5. The third kappa shape index (κ3) is 3.58. The molecule has 0 atom stereocenters. The Bertz CT molecular complexity index is 923. The van der Waals surface area contributed by atoms with Crippen molar-refractivity contribution in [2.24, 2.45) is 0 Å². The Kier molecular flexibility index (Phi) is 5.16. The Morgan fingerprint density at radius 3 is 1.88 bits per heavy atom. The van der Waals surface area contributed by atoms with Crippen LogP contribution in [0.2, 0.25) is 20.1 Å². The first-order chi connectivity index (χ1) is 11.9. The summed E-state index contributed by atoms with van der Waals surface area (Å²) in [4.78, 5) is 15.4. The number of aromatic nitrogens is 1. The number of rotatable bonds is 3. The van der Waals surface area contributed by atoms with Crippen molar-refractivity contribution in [3.05, 3.63) is 78.9 Å². The molecule has 0 N–H and O–H groups in total. The SMILES string of the molecule is O=[N+]([O-])c1c(-c2ccc(Cl)cc2Cl)ccnc1-c1ccc(Cl)cc1Cl. The number of halogens is 4. The lowest BCUT2D eigenvalue weighted by atomic mass is 10.0. The predicted molar refractivity (Wildman–Crippen MR) is 102 cm³/mol. The zero-order valence-electron chi connectivity index (χ0n) is 12.3. The third-order valence-electron chi connectivity index (χ3n) is 3.51. The zero-order chi connectivity index (χ0) is 18.1. The number of pyridine rings is 1. The van der Waals surface area contributed by atoms with E-state index in [-0.39, 0.29) is 16.4 Å². The summed E-state index contributed by atoms with van der Waals surface area (Å²) >= 11 is 24.2. The minimum absolute atomic E-state index is 0.134. The van der Waals surface area contributed by atoms with Gasteiger partial charge in [0, 0.05) is 27.4 Å².